The molecule has 2 amide bonds. The second-order valence-corrected chi connectivity index (χ2v) is 6.67. The summed E-state index contributed by atoms with van der Waals surface area (Å²) < 4.78 is 5.61. The van der Waals surface area contributed by atoms with Crippen LogP contribution >= 0.6 is 0 Å². The predicted molar refractivity (Wildman–Crippen MR) is 109 cm³/mol. The zero-order chi connectivity index (χ0) is 19.9. The van der Waals surface area contributed by atoms with Gasteiger partial charge in [-0.15, -0.1) is 0 Å². The number of fused-ring (bicyclic) bond motifs is 1. The molecular formula is C22H25N3O3. The molecule has 3 rings (SSSR count). The molecule has 0 radical (unpaired) electrons. The van der Waals surface area contributed by atoms with Gasteiger partial charge in [0.15, 0.2) is 0 Å². The third-order valence-corrected chi connectivity index (χ3v) is 4.45. The normalized spacial score (nSPS) is 10.6. The van der Waals surface area contributed by atoms with Gasteiger partial charge in [-0.25, -0.2) is 0 Å². The van der Waals surface area contributed by atoms with Crippen LogP contribution in [0.1, 0.15) is 35.0 Å². The smallest absolute Gasteiger partial charge is 0.268 e. The van der Waals surface area contributed by atoms with Crippen LogP contribution in [0.2, 0.25) is 0 Å². The van der Waals surface area contributed by atoms with Crippen LogP contribution < -0.4 is 15.4 Å². The molecule has 0 spiro atoms. The summed E-state index contributed by atoms with van der Waals surface area (Å²) in [4.78, 5) is 27.4. The number of aromatic amines is 1. The fraction of sp³-hybridized carbons (Fsp3) is 0.273. The van der Waals surface area contributed by atoms with Crippen LogP contribution in [0.5, 0.6) is 5.75 Å². The Morgan fingerprint density at radius 2 is 1.89 bits per heavy atom. The number of rotatable bonds is 8. The maximum atomic E-state index is 12.2. The first-order valence-electron chi connectivity index (χ1n) is 9.42. The van der Waals surface area contributed by atoms with Gasteiger partial charge in [-0.05, 0) is 48.7 Å². The summed E-state index contributed by atoms with van der Waals surface area (Å²) in [6, 6.07) is 15.2. The number of amides is 2. The van der Waals surface area contributed by atoms with Crippen LogP contribution in [0, 0.1) is 6.92 Å². The van der Waals surface area contributed by atoms with Crippen LogP contribution in [0.15, 0.2) is 48.5 Å². The Hall–Kier alpha value is -3.28. The van der Waals surface area contributed by atoms with Gasteiger partial charge in [-0.2, -0.15) is 0 Å². The van der Waals surface area contributed by atoms with Crippen molar-refractivity contribution in [3.8, 4) is 5.75 Å². The lowest BCUT2D eigenvalue weighted by atomic mass is 10.1. The van der Waals surface area contributed by atoms with Crippen molar-refractivity contribution in [3.63, 3.8) is 0 Å². The quantitative estimate of drug-likeness (QED) is 0.561. The van der Waals surface area contributed by atoms with Gasteiger partial charge < -0.3 is 20.4 Å². The Bertz CT molecular complexity index is 945. The molecule has 3 N–H and O–H groups in total. The summed E-state index contributed by atoms with van der Waals surface area (Å²) in [6.07, 6.45) is 0.959. The number of para-hydroxylation sites is 1. The van der Waals surface area contributed by atoms with Crippen LogP contribution in [0.3, 0.4) is 0 Å². The maximum absolute atomic E-state index is 12.2. The molecule has 0 saturated heterocycles. The average molecular weight is 379 g/mol. The Morgan fingerprint density at radius 1 is 1.07 bits per heavy atom. The molecule has 1 heterocycles. The van der Waals surface area contributed by atoms with E-state index in [1.807, 2.05) is 49.4 Å². The van der Waals surface area contributed by atoms with E-state index in [0.717, 1.165) is 34.2 Å². The lowest BCUT2D eigenvalue weighted by Crippen LogP contribution is -2.36. The third-order valence-electron chi connectivity index (χ3n) is 4.45. The molecule has 0 atom stereocenters. The Morgan fingerprint density at radius 3 is 2.64 bits per heavy atom. The van der Waals surface area contributed by atoms with E-state index in [1.54, 1.807) is 6.07 Å². The molecule has 0 aliphatic carbocycles. The number of aryl methyl sites for hydroxylation is 1. The molecule has 0 bridgehead atoms. The summed E-state index contributed by atoms with van der Waals surface area (Å²) in [7, 11) is 0. The van der Waals surface area contributed by atoms with E-state index in [4.69, 9.17) is 4.74 Å². The van der Waals surface area contributed by atoms with Gasteiger partial charge in [-0.1, -0.05) is 31.2 Å². The second kappa shape index (κ2) is 9.08. The van der Waals surface area contributed by atoms with E-state index in [1.165, 1.54) is 0 Å². The second-order valence-electron chi connectivity index (χ2n) is 6.67. The van der Waals surface area contributed by atoms with Gasteiger partial charge in [-0.3, -0.25) is 9.59 Å². The molecule has 1 aromatic heterocycles. The minimum absolute atomic E-state index is 0.0784. The zero-order valence-electron chi connectivity index (χ0n) is 16.2. The molecule has 2 aromatic carbocycles. The van der Waals surface area contributed by atoms with Gasteiger partial charge >= 0.3 is 0 Å². The van der Waals surface area contributed by atoms with Crippen molar-refractivity contribution in [1.82, 2.24) is 15.6 Å². The standard InChI is InChI=1S/C22H25N3O3/c1-3-10-28-18-9-8-17(15(2)11-18)13-23-21(26)14-24-22(27)20-12-16-6-4-5-7-19(16)25-20/h4-9,11-12,25H,3,10,13-14H2,1-2H3,(H,23,26)(H,24,27). The van der Waals surface area contributed by atoms with Crippen molar-refractivity contribution < 1.29 is 14.3 Å². The van der Waals surface area contributed by atoms with Crippen molar-refractivity contribution in [3.05, 3.63) is 65.4 Å². The monoisotopic (exact) mass is 379 g/mol. The lowest BCUT2D eigenvalue weighted by molar-refractivity contribution is -0.120. The van der Waals surface area contributed by atoms with Crippen molar-refractivity contribution in [2.45, 2.75) is 26.8 Å². The van der Waals surface area contributed by atoms with E-state index < -0.39 is 0 Å². The minimum atomic E-state index is -0.306. The van der Waals surface area contributed by atoms with Crippen LogP contribution in [0.25, 0.3) is 10.9 Å². The molecule has 0 unspecified atom stereocenters. The average Bonchev–Trinajstić information content (AvgIpc) is 3.14. The van der Waals surface area contributed by atoms with Crippen LogP contribution in [0.4, 0.5) is 0 Å². The number of benzene rings is 2. The molecule has 3 aromatic rings. The van der Waals surface area contributed by atoms with Crippen molar-refractivity contribution >= 4 is 22.7 Å². The summed E-state index contributed by atoms with van der Waals surface area (Å²) >= 11 is 0. The lowest BCUT2D eigenvalue weighted by Gasteiger charge is -2.11. The Labute approximate surface area is 164 Å². The molecule has 0 aliphatic rings. The first kappa shape index (κ1) is 19.5. The molecule has 6 nitrogen and oxygen atoms in total. The number of carbonyl (C=O) groups excluding carboxylic acids is 2. The molecule has 6 heteroatoms. The van der Waals surface area contributed by atoms with Crippen molar-refractivity contribution in [2.24, 2.45) is 0 Å². The maximum Gasteiger partial charge on any atom is 0.268 e. The highest BCUT2D eigenvalue weighted by atomic mass is 16.5. The topological polar surface area (TPSA) is 83.2 Å². The van der Waals surface area contributed by atoms with Gasteiger partial charge in [0, 0.05) is 17.4 Å². The Balaban J connectivity index is 1.48. The number of carbonyl (C=O) groups is 2. The number of nitrogens with one attached hydrogen (secondary N) is 3. The van der Waals surface area contributed by atoms with Crippen molar-refractivity contribution in [1.29, 1.82) is 0 Å². The van der Waals surface area contributed by atoms with Crippen LogP contribution in [-0.4, -0.2) is 29.9 Å². The molecule has 146 valence electrons. The van der Waals surface area contributed by atoms with Crippen molar-refractivity contribution in [2.75, 3.05) is 13.2 Å². The van der Waals surface area contributed by atoms with Gasteiger partial charge in [0.2, 0.25) is 5.91 Å². The highest BCUT2D eigenvalue weighted by Crippen LogP contribution is 2.17. The number of hydrogen-bond acceptors (Lipinski definition) is 3. The van der Waals surface area contributed by atoms with E-state index >= 15 is 0 Å². The van der Waals surface area contributed by atoms with E-state index in [0.29, 0.717) is 18.8 Å². The molecule has 0 saturated carbocycles. The molecular weight excluding hydrogens is 354 g/mol. The van der Waals surface area contributed by atoms with Gasteiger partial charge in [0.25, 0.3) is 5.91 Å². The first-order chi connectivity index (χ1) is 13.6. The fourth-order valence-electron chi connectivity index (χ4n) is 2.88. The number of ether oxygens (including phenoxy) is 1. The molecule has 0 aliphatic heterocycles. The molecule has 28 heavy (non-hydrogen) atoms. The predicted octanol–water partition coefficient (Wildman–Crippen LogP) is 3.31. The SMILES string of the molecule is CCCOc1ccc(CNC(=O)CNC(=O)c2cc3ccccc3[nH]2)c(C)c1. The molecule has 0 fully saturated rings. The first-order valence-corrected chi connectivity index (χ1v) is 9.42. The summed E-state index contributed by atoms with van der Waals surface area (Å²) in [5.74, 6) is 0.287. The fourth-order valence-corrected chi connectivity index (χ4v) is 2.88. The number of H-pyrrole nitrogens is 1. The third kappa shape index (κ3) is 4.91. The summed E-state index contributed by atoms with van der Waals surface area (Å²) in [5, 5.41) is 6.43. The highest BCUT2D eigenvalue weighted by Gasteiger charge is 2.11. The number of hydrogen-bond donors (Lipinski definition) is 3. The van der Waals surface area contributed by atoms with Crippen LogP contribution in [-0.2, 0) is 11.3 Å². The van der Waals surface area contributed by atoms with Gasteiger partial charge in [0.05, 0.1) is 13.2 Å². The number of aromatic nitrogens is 1. The highest BCUT2D eigenvalue weighted by molar-refractivity contribution is 5.99. The van der Waals surface area contributed by atoms with E-state index in [-0.39, 0.29) is 18.4 Å². The van der Waals surface area contributed by atoms with Gasteiger partial charge in [0.1, 0.15) is 11.4 Å². The van der Waals surface area contributed by atoms with E-state index in [2.05, 4.69) is 22.5 Å². The minimum Gasteiger partial charge on any atom is -0.494 e. The summed E-state index contributed by atoms with van der Waals surface area (Å²) in [5.41, 5.74) is 3.39. The summed E-state index contributed by atoms with van der Waals surface area (Å²) in [6.45, 7) is 5.06. The zero-order valence-corrected chi connectivity index (χ0v) is 16.2. The van der Waals surface area contributed by atoms with E-state index in [9.17, 15) is 9.59 Å². The Kier molecular flexibility index (Phi) is 6.32. The largest absolute Gasteiger partial charge is 0.494 e.